The standard InChI is InChI=1S/C37H61NO8/c1-21(2)11-10-15-37(8,46-32-31(43)30(42)29(41)24(20-39)45-32)22-12-17-36(7)28(22)23(40)19-26-34(5)16-14-27(38-44-9)33(3,4)25(34)13-18-35(26,36)6/h11,22,24-26,28-32,39,41-43H,10,12-20H2,1-9H3/b38-27+/t22?,24?,25?,26?,28?,29-,30?,31?,32+,34+,35-,36-,37+/m1/s1. The Hall–Kier alpha value is -1.36. The third-order valence-corrected chi connectivity index (χ3v) is 14.4. The molecule has 0 aromatic carbocycles. The Kier molecular flexibility index (Phi) is 9.77. The lowest BCUT2D eigenvalue weighted by Crippen LogP contribution is -2.66. The zero-order valence-electron chi connectivity index (χ0n) is 29.7. The number of Topliss-reactive ketones (excluding diaryl/α,β-unsaturated/α-hetero) is 1. The van der Waals surface area contributed by atoms with Crippen LogP contribution >= 0.6 is 0 Å². The van der Waals surface area contributed by atoms with Crippen LogP contribution in [0.4, 0.5) is 0 Å². The lowest BCUT2D eigenvalue weighted by atomic mass is 9.35. The average Bonchev–Trinajstić information content (AvgIpc) is 3.36. The first-order valence-electron chi connectivity index (χ1n) is 17.7. The molecule has 1 heterocycles. The Morgan fingerprint density at radius 1 is 1.00 bits per heavy atom. The first-order chi connectivity index (χ1) is 21.4. The van der Waals surface area contributed by atoms with Crippen molar-refractivity contribution in [2.75, 3.05) is 13.7 Å². The maximum absolute atomic E-state index is 14.7. The number of carbonyl (C=O) groups is 1. The molecule has 4 aliphatic carbocycles. The number of hydrogen-bond acceptors (Lipinski definition) is 9. The summed E-state index contributed by atoms with van der Waals surface area (Å²) in [7, 11) is 1.63. The van der Waals surface area contributed by atoms with Crippen LogP contribution in [0.15, 0.2) is 16.8 Å². The van der Waals surface area contributed by atoms with Crippen LogP contribution in [0.1, 0.15) is 113 Å². The second-order valence-corrected chi connectivity index (χ2v) is 17.2. The average molecular weight is 648 g/mol. The highest BCUT2D eigenvalue weighted by Gasteiger charge is 2.71. The Labute approximate surface area is 276 Å². The van der Waals surface area contributed by atoms with Gasteiger partial charge in [-0.3, -0.25) is 4.79 Å². The van der Waals surface area contributed by atoms with Crippen molar-refractivity contribution in [1.29, 1.82) is 0 Å². The Morgan fingerprint density at radius 3 is 2.30 bits per heavy atom. The van der Waals surface area contributed by atoms with Crippen molar-refractivity contribution in [3.05, 3.63) is 11.6 Å². The highest BCUT2D eigenvalue weighted by atomic mass is 16.7. The van der Waals surface area contributed by atoms with Gasteiger partial charge in [0.05, 0.1) is 17.9 Å². The summed E-state index contributed by atoms with van der Waals surface area (Å²) >= 11 is 0. The van der Waals surface area contributed by atoms with E-state index in [-0.39, 0.29) is 39.4 Å². The van der Waals surface area contributed by atoms with Gasteiger partial charge in [0, 0.05) is 17.8 Å². The van der Waals surface area contributed by atoms with E-state index in [1.54, 1.807) is 7.11 Å². The van der Waals surface area contributed by atoms with Crippen LogP contribution in [0, 0.1) is 45.3 Å². The number of fused-ring (bicyclic) bond motifs is 5. The number of allylic oxidation sites excluding steroid dienone is 2. The molecule has 0 aromatic heterocycles. The van der Waals surface area contributed by atoms with E-state index in [0.717, 1.165) is 50.7 Å². The van der Waals surface area contributed by atoms with E-state index in [4.69, 9.17) is 14.3 Å². The predicted octanol–water partition coefficient (Wildman–Crippen LogP) is 5.17. The molecule has 7 unspecified atom stereocenters. The van der Waals surface area contributed by atoms with Gasteiger partial charge in [0.2, 0.25) is 0 Å². The fourth-order valence-corrected chi connectivity index (χ4v) is 11.6. The van der Waals surface area contributed by atoms with Gasteiger partial charge in [-0.1, -0.05) is 51.4 Å². The second-order valence-electron chi connectivity index (χ2n) is 17.2. The first-order valence-corrected chi connectivity index (χ1v) is 17.7. The molecule has 4 saturated carbocycles. The van der Waals surface area contributed by atoms with Crippen molar-refractivity contribution >= 4 is 11.5 Å². The molecule has 0 spiro atoms. The van der Waals surface area contributed by atoms with E-state index >= 15 is 0 Å². The van der Waals surface area contributed by atoms with E-state index in [0.29, 0.717) is 24.5 Å². The molecule has 5 rings (SSSR count). The van der Waals surface area contributed by atoms with Gasteiger partial charge in [-0.15, -0.1) is 0 Å². The second kappa shape index (κ2) is 12.5. The molecule has 0 amide bonds. The molecule has 0 bridgehead atoms. The molecule has 5 fully saturated rings. The van der Waals surface area contributed by atoms with Gasteiger partial charge in [-0.25, -0.2) is 0 Å². The smallest absolute Gasteiger partial charge is 0.187 e. The number of nitrogens with zero attached hydrogens (tertiary/aromatic N) is 1. The van der Waals surface area contributed by atoms with Gasteiger partial charge in [0.1, 0.15) is 37.3 Å². The summed E-state index contributed by atoms with van der Waals surface area (Å²) in [6.07, 6.45) is 3.02. The largest absolute Gasteiger partial charge is 0.399 e. The Balaban J connectivity index is 1.49. The van der Waals surface area contributed by atoms with Crippen molar-refractivity contribution in [3.8, 4) is 0 Å². The number of ketones is 1. The molecular formula is C37H61NO8. The summed E-state index contributed by atoms with van der Waals surface area (Å²) in [6, 6.07) is 0. The fraction of sp³-hybridized carbons (Fsp3) is 0.892. The molecule has 0 aromatic rings. The number of aliphatic hydroxyl groups is 4. The molecule has 13 atom stereocenters. The molecule has 9 heteroatoms. The minimum atomic E-state index is -1.52. The maximum atomic E-state index is 14.7. The number of carbonyl (C=O) groups excluding carboxylic acids is 1. The van der Waals surface area contributed by atoms with E-state index < -0.39 is 42.9 Å². The van der Waals surface area contributed by atoms with Crippen LogP contribution in [0.2, 0.25) is 0 Å². The lowest BCUT2D eigenvalue weighted by molar-refractivity contribution is -0.333. The summed E-state index contributed by atoms with van der Waals surface area (Å²) in [5.74, 6) is 0.661. The highest BCUT2D eigenvalue weighted by molar-refractivity contribution is 5.91. The molecule has 5 aliphatic rings. The third-order valence-electron chi connectivity index (χ3n) is 14.4. The molecule has 262 valence electrons. The summed E-state index contributed by atoms with van der Waals surface area (Å²) in [5, 5.41) is 46.2. The van der Waals surface area contributed by atoms with E-state index in [9.17, 15) is 25.2 Å². The Morgan fingerprint density at radius 2 is 1.67 bits per heavy atom. The van der Waals surface area contributed by atoms with E-state index in [2.05, 4.69) is 59.7 Å². The van der Waals surface area contributed by atoms with Crippen LogP contribution < -0.4 is 0 Å². The quantitative estimate of drug-likeness (QED) is 0.209. The minimum Gasteiger partial charge on any atom is -0.399 e. The molecule has 46 heavy (non-hydrogen) atoms. The molecule has 1 aliphatic heterocycles. The first kappa shape index (κ1) is 35.9. The molecule has 1 saturated heterocycles. The van der Waals surface area contributed by atoms with Crippen molar-refractivity contribution in [2.45, 2.75) is 149 Å². The SMILES string of the molecule is CO/N=C1\CC[C@@]2(C)C(CC[C@]3(C)C2CC(=O)C2C([C@](C)(CCC=C(C)C)O[C@@H]4OC(CO)[C@@H](O)C(O)C4O)CC[C@]23C)C1(C)C. The summed E-state index contributed by atoms with van der Waals surface area (Å²) in [4.78, 5) is 20.0. The monoisotopic (exact) mass is 647 g/mol. The van der Waals surface area contributed by atoms with Gasteiger partial charge in [0.15, 0.2) is 6.29 Å². The number of ether oxygens (including phenoxy) is 2. The minimum absolute atomic E-state index is 0.00453. The van der Waals surface area contributed by atoms with E-state index in [1.165, 1.54) is 5.57 Å². The van der Waals surface area contributed by atoms with E-state index in [1.807, 2.05) is 6.92 Å². The summed E-state index contributed by atoms with van der Waals surface area (Å²) < 4.78 is 12.6. The van der Waals surface area contributed by atoms with Crippen LogP contribution in [0.5, 0.6) is 0 Å². The van der Waals surface area contributed by atoms with Crippen molar-refractivity contribution < 1.29 is 39.5 Å². The van der Waals surface area contributed by atoms with Crippen LogP contribution in [-0.4, -0.2) is 81.9 Å². The fourth-order valence-electron chi connectivity index (χ4n) is 11.6. The number of oxime groups is 1. The maximum Gasteiger partial charge on any atom is 0.187 e. The van der Waals surface area contributed by atoms with Crippen LogP contribution in [-0.2, 0) is 19.1 Å². The van der Waals surface area contributed by atoms with Crippen molar-refractivity contribution in [2.24, 2.45) is 50.5 Å². The number of aliphatic hydroxyl groups excluding tert-OH is 4. The van der Waals surface area contributed by atoms with Gasteiger partial charge in [0.25, 0.3) is 0 Å². The number of rotatable bonds is 8. The topological polar surface area (TPSA) is 138 Å². The van der Waals surface area contributed by atoms with Gasteiger partial charge >= 0.3 is 0 Å². The van der Waals surface area contributed by atoms with Gasteiger partial charge < -0.3 is 34.7 Å². The van der Waals surface area contributed by atoms with Gasteiger partial charge in [-0.05, 0) is 106 Å². The highest BCUT2D eigenvalue weighted by Crippen LogP contribution is 2.75. The van der Waals surface area contributed by atoms with Crippen LogP contribution in [0.25, 0.3) is 0 Å². The van der Waals surface area contributed by atoms with Crippen LogP contribution in [0.3, 0.4) is 0 Å². The van der Waals surface area contributed by atoms with Gasteiger partial charge in [-0.2, -0.15) is 0 Å². The van der Waals surface area contributed by atoms with Crippen molar-refractivity contribution in [3.63, 3.8) is 0 Å². The zero-order chi connectivity index (χ0) is 34.0. The number of hydrogen-bond donors (Lipinski definition) is 4. The summed E-state index contributed by atoms with van der Waals surface area (Å²) in [5.41, 5.74) is 1.09. The Bertz CT molecular complexity index is 1210. The lowest BCUT2D eigenvalue weighted by Gasteiger charge is -2.68. The molecule has 0 radical (unpaired) electrons. The third kappa shape index (κ3) is 5.43. The molecule has 4 N–H and O–H groups in total. The van der Waals surface area contributed by atoms with Crippen molar-refractivity contribution in [1.82, 2.24) is 0 Å². The predicted molar refractivity (Wildman–Crippen MR) is 176 cm³/mol. The summed E-state index contributed by atoms with van der Waals surface area (Å²) in [6.45, 7) is 17.5. The normalized spacial score (nSPS) is 47.4. The molecule has 9 nitrogen and oxygen atoms in total. The molecular weight excluding hydrogens is 586 g/mol. The zero-order valence-corrected chi connectivity index (χ0v) is 29.7.